The Morgan fingerprint density at radius 1 is 0.585 bits per heavy atom. The molecule has 1 fully saturated rings. The number of ether oxygens (including phenoxy) is 3. The predicted octanol–water partition coefficient (Wildman–Crippen LogP) is 12.6. The molecule has 0 saturated heterocycles. The molecule has 9 rings (SSSR count). The smallest absolute Gasteiger partial charge is 0.178 e. The van der Waals surface area contributed by atoms with E-state index in [1.54, 1.807) is 14.2 Å². The van der Waals surface area contributed by atoms with Crippen molar-refractivity contribution < 1.29 is 14.2 Å². The highest BCUT2D eigenvalue weighted by molar-refractivity contribution is 6.10. The van der Waals surface area contributed by atoms with Gasteiger partial charge in [-0.1, -0.05) is 113 Å². The third-order valence-electron chi connectivity index (χ3n) is 13.3. The van der Waals surface area contributed by atoms with Crippen LogP contribution >= 0.6 is 0 Å². The molecule has 1 spiro atoms. The average Bonchev–Trinajstić information content (AvgIpc) is 3.54. The zero-order valence-electron chi connectivity index (χ0n) is 32.2. The Morgan fingerprint density at radius 3 is 1.89 bits per heavy atom. The molecule has 3 aliphatic rings. The number of fused-ring (bicyclic) bond motifs is 10. The molecule has 3 heteroatoms. The minimum absolute atomic E-state index is 0.130. The fourth-order valence-electron chi connectivity index (χ4n) is 10.1. The van der Waals surface area contributed by atoms with Crippen LogP contribution in [0.2, 0.25) is 0 Å². The Morgan fingerprint density at radius 2 is 1.21 bits per heavy atom. The van der Waals surface area contributed by atoms with Crippen LogP contribution in [0.1, 0.15) is 79.5 Å². The van der Waals surface area contributed by atoms with Gasteiger partial charge in [-0.2, -0.15) is 0 Å². The second-order valence-electron chi connectivity index (χ2n) is 16.9. The van der Waals surface area contributed by atoms with E-state index >= 15 is 0 Å². The van der Waals surface area contributed by atoms with Crippen molar-refractivity contribution in [2.24, 2.45) is 10.8 Å². The molecule has 2 aliphatic carbocycles. The molecule has 1 heterocycles. The maximum Gasteiger partial charge on any atom is 0.178 e. The van der Waals surface area contributed by atoms with Crippen molar-refractivity contribution in [1.29, 1.82) is 0 Å². The summed E-state index contributed by atoms with van der Waals surface area (Å²) in [7, 11) is 3.44. The van der Waals surface area contributed by atoms with Crippen molar-refractivity contribution in [2.45, 2.75) is 65.4 Å². The summed E-state index contributed by atoms with van der Waals surface area (Å²) in [6, 6.07) is 39.5. The maximum absolute atomic E-state index is 7.76. The zero-order chi connectivity index (χ0) is 36.9. The number of benzene rings is 6. The normalized spacial score (nSPS) is 19.8. The van der Waals surface area contributed by atoms with Crippen molar-refractivity contribution in [1.82, 2.24) is 0 Å². The largest absolute Gasteiger partial charge is 0.497 e. The molecule has 0 amide bonds. The first-order valence-corrected chi connectivity index (χ1v) is 18.9. The highest BCUT2D eigenvalue weighted by atomic mass is 16.5. The Labute approximate surface area is 314 Å². The fourth-order valence-corrected chi connectivity index (χ4v) is 10.1. The number of aryl methyl sites for hydroxylation is 2. The van der Waals surface area contributed by atoms with Crippen LogP contribution in [0, 0.1) is 24.7 Å². The summed E-state index contributed by atoms with van der Waals surface area (Å²) in [5.74, 6) is 2.63. The maximum atomic E-state index is 7.76. The van der Waals surface area contributed by atoms with Gasteiger partial charge in [-0.3, -0.25) is 0 Å². The Hall–Kier alpha value is -5.28. The Bertz CT molecular complexity index is 2450. The van der Waals surface area contributed by atoms with Crippen LogP contribution in [0.15, 0.2) is 115 Å². The van der Waals surface area contributed by atoms with Gasteiger partial charge in [-0.05, 0) is 124 Å². The van der Waals surface area contributed by atoms with E-state index in [4.69, 9.17) is 14.2 Å². The average molecular weight is 697 g/mol. The van der Waals surface area contributed by atoms with Crippen molar-refractivity contribution in [2.75, 3.05) is 14.2 Å². The molecule has 6 aromatic carbocycles. The molecule has 3 nitrogen and oxygen atoms in total. The second kappa shape index (κ2) is 11.6. The minimum atomic E-state index is -0.852. The number of methoxy groups -OCH3 is 2. The first-order valence-electron chi connectivity index (χ1n) is 18.9. The molecule has 266 valence electrons. The van der Waals surface area contributed by atoms with Crippen LogP contribution in [0.3, 0.4) is 0 Å². The summed E-state index contributed by atoms with van der Waals surface area (Å²) >= 11 is 0. The molecule has 1 aliphatic heterocycles. The first kappa shape index (κ1) is 33.5. The Kier molecular flexibility index (Phi) is 7.35. The van der Waals surface area contributed by atoms with E-state index in [9.17, 15) is 0 Å². The van der Waals surface area contributed by atoms with Gasteiger partial charge in [0, 0.05) is 27.5 Å². The van der Waals surface area contributed by atoms with E-state index < -0.39 is 5.60 Å². The van der Waals surface area contributed by atoms with Crippen molar-refractivity contribution in [3.8, 4) is 39.5 Å². The SMILES string of the molecule is COc1ccc(C2(c3ccccc3)C=Cc3c4c(c5cc(C)c(-c6ccc(OC)cc6C)cc5c3O2)-c2ccccc2C42CC(C)(C)C(C)(C)C2)cc1. The third kappa shape index (κ3) is 4.72. The van der Waals surface area contributed by atoms with Gasteiger partial charge in [0.15, 0.2) is 5.60 Å². The van der Waals surface area contributed by atoms with Crippen molar-refractivity contribution in [3.05, 3.63) is 154 Å². The van der Waals surface area contributed by atoms with Gasteiger partial charge in [0.1, 0.15) is 17.2 Å². The predicted molar refractivity (Wildman–Crippen MR) is 218 cm³/mol. The van der Waals surface area contributed by atoms with Gasteiger partial charge in [0.25, 0.3) is 0 Å². The van der Waals surface area contributed by atoms with Gasteiger partial charge < -0.3 is 14.2 Å². The molecule has 0 radical (unpaired) electrons. The van der Waals surface area contributed by atoms with Crippen molar-refractivity contribution >= 4 is 16.8 Å². The van der Waals surface area contributed by atoms with Crippen LogP contribution in [0.25, 0.3) is 39.1 Å². The van der Waals surface area contributed by atoms with Gasteiger partial charge in [-0.15, -0.1) is 0 Å². The lowest BCUT2D eigenvalue weighted by Crippen LogP contribution is -2.35. The van der Waals surface area contributed by atoms with Crippen molar-refractivity contribution in [3.63, 3.8) is 0 Å². The summed E-state index contributed by atoms with van der Waals surface area (Å²) < 4.78 is 19.0. The summed E-state index contributed by atoms with van der Waals surface area (Å²) in [5, 5.41) is 2.39. The topological polar surface area (TPSA) is 27.7 Å². The molecule has 0 bridgehead atoms. The van der Waals surface area contributed by atoms with Gasteiger partial charge in [0.2, 0.25) is 0 Å². The molecule has 1 unspecified atom stereocenters. The molecule has 0 aromatic heterocycles. The van der Waals surface area contributed by atoms with E-state index in [0.29, 0.717) is 0 Å². The zero-order valence-corrected chi connectivity index (χ0v) is 32.2. The summed E-state index contributed by atoms with van der Waals surface area (Å²) in [5.41, 5.74) is 13.1. The lowest BCUT2D eigenvalue weighted by atomic mass is 9.71. The lowest BCUT2D eigenvalue weighted by Gasteiger charge is -2.39. The lowest BCUT2D eigenvalue weighted by molar-refractivity contribution is 0.157. The van der Waals surface area contributed by atoms with E-state index in [1.165, 1.54) is 55.5 Å². The van der Waals surface area contributed by atoms with Crippen LogP contribution in [0.4, 0.5) is 0 Å². The molecule has 1 saturated carbocycles. The second-order valence-corrected chi connectivity index (χ2v) is 16.9. The fraction of sp³-hybridized carbons (Fsp3) is 0.280. The monoisotopic (exact) mass is 696 g/mol. The highest BCUT2D eigenvalue weighted by Crippen LogP contribution is 2.70. The van der Waals surface area contributed by atoms with E-state index in [0.717, 1.165) is 46.6 Å². The van der Waals surface area contributed by atoms with Gasteiger partial charge in [0.05, 0.1) is 14.2 Å². The molecule has 6 aromatic rings. The molecule has 1 atom stereocenters. The quantitative estimate of drug-likeness (QED) is 0.180. The van der Waals surface area contributed by atoms with E-state index in [1.807, 2.05) is 12.1 Å². The van der Waals surface area contributed by atoms with Crippen LogP contribution in [-0.2, 0) is 11.0 Å². The summed E-state index contributed by atoms with van der Waals surface area (Å²) in [6.45, 7) is 14.3. The van der Waals surface area contributed by atoms with Gasteiger partial charge in [-0.25, -0.2) is 0 Å². The summed E-state index contributed by atoms with van der Waals surface area (Å²) in [4.78, 5) is 0. The first-order chi connectivity index (χ1) is 25.4. The van der Waals surface area contributed by atoms with E-state index in [-0.39, 0.29) is 16.2 Å². The molecular weight excluding hydrogens is 649 g/mol. The van der Waals surface area contributed by atoms with Crippen LogP contribution in [0.5, 0.6) is 17.2 Å². The van der Waals surface area contributed by atoms with Gasteiger partial charge >= 0.3 is 0 Å². The standard InChI is InChI=1S/C50H48O3/c1-31-26-36(52-8)22-23-37(31)40-28-42-41(27-32(40)2)44-38-16-12-13-17-43(38)49(29-47(3,4)48(5,6)30-49)45(44)39-24-25-50(53-46(39)42,33-14-10-9-11-15-33)34-18-20-35(51-7)21-19-34/h9-28H,29-30H2,1-8H3. The number of rotatable bonds is 5. The minimum Gasteiger partial charge on any atom is -0.497 e. The summed E-state index contributed by atoms with van der Waals surface area (Å²) in [6.07, 6.45) is 6.86. The molecule has 0 N–H and O–H groups in total. The molecule has 53 heavy (non-hydrogen) atoms. The molecular formula is C50H48O3. The van der Waals surface area contributed by atoms with Crippen LogP contribution in [-0.4, -0.2) is 14.2 Å². The highest BCUT2D eigenvalue weighted by Gasteiger charge is 2.60. The Balaban J connectivity index is 1.40. The number of hydrogen-bond acceptors (Lipinski definition) is 3. The number of hydrogen-bond donors (Lipinski definition) is 0. The van der Waals surface area contributed by atoms with E-state index in [2.05, 4.69) is 151 Å². The third-order valence-corrected chi connectivity index (χ3v) is 13.3. The van der Waals surface area contributed by atoms with Crippen LogP contribution < -0.4 is 14.2 Å².